The van der Waals surface area contributed by atoms with E-state index in [1.54, 1.807) is 54.3 Å². The molecule has 2 fully saturated rings. The van der Waals surface area contributed by atoms with Gasteiger partial charge in [-0.15, -0.1) is 0 Å². The van der Waals surface area contributed by atoms with E-state index in [1.807, 2.05) is 12.1 Å². The number of nitrogens with one attached hydrogen (secondary N) is 1. The van der Waals surface area contributed by atoms with Gasteiger partial charge in [0.05, 0.1) is 56.6 Å². The number of carbonyl (C=O) groups is 3. The van der Waals surface area contributed by atoms with Gasteiger partial charge < -0.3 is 19.7 Å². The fourth-order valence-corrected chi connectivity index (χ4v) is 6.44. The van der Waals surface area contributed by atoms with E-state index >= 15 is 0 Å². The van der Waals surface area contributed by atoms with Crippen LogP contribution in [0.5, 0.6) is 5.75 Å². The molecule has 42 heavy (non-hydrogen) atoms. The number of rotatable bonds is 7. The second-order valence-electron chi connectivity index (χ2n) is 10.7. The number of para-hydroxylation sites is 3. The Hall–Kier alpha value is -3.30. The van der Waals surface area contributed by atoms with Crippen molar-refractivity contribution < 1.29 is 23.9 Å². The van der Waals surface area contributed by atoms with Gasteiger partial charge in [0.2, 0.25) is 5.91 Å². The first-order valence-electron chi connectivity index (χ1n) is 13.8. The fourth-order valence-electron chi connectivity index (χ4n) is 5.53. The van der Waals surface area contributed by atoms with Gasteiger partial charge in [-0.25, -0.2) is 0 Å². The van der Waals surface area contributed by atoms with E-state index in [0.717, 1.165) is 24.1 Å². The summed E-state index contributed by atoms with van der Waals surface area (Å²) < 4.78 is 11.2. The Morgan fingerprint density at radius 1 is 1.00 bits per heavy atom. The third kappa shape index (κ3) is 5.11. The average molecular weight is 629 g/mol. The van der Waals surface area contributed by atoms with E-state index < -0.39 is 23.2 Å². The van der Waals surface area contributed by atoms with E-state index in [0.29, 0.717) is 42.7 Å². The molecule has 6 rings (SSSR count). The van der Waals surface area contributed by atoms with Crippen LogP contribution in [0.3, 0.4) is 0 Å². The number of anilines is 3. The number of amides is 2. The molecule has 3 aromatic carbocycles. The van der Waals surface area contributed by atoms with E-state index in [1.165, 1.54) is 0 Å². The van der Waals surface area contributed by atoms with Crippen LogP contribution < -0.4 is 19.9 Å². The summed E-state index contributed by atoms with van der Waals surface area (Å²) in [5.74, 6) is -1.64. The van der Waals surface area contributed by atoms with Crippen LogP contribution in [-0.2, 0) is 19.7 Å². The minimum absolute atomic E-state index is 0.0157. The minimum Gasteiger partial charge on any atom is -0.424 e. The van der Waals surface area contributed by atoms with E-state index in [4.69, 9.17) is 44.3 Å². The highest BCUT2D eigenvalue weighted by Gasteiger charge is 2.60. The zero-order valence-corrected chi connectivity index (χ0v) is 25.1. The number of nitrogens with zero attached hydrogens (tertiary/aromatic N) is 2. The summed E-state index contributed by atoms with van der Waals surface area (Å²) in [5.41, 5.74) is 2.33. The van der Waals surface area contributed by atoms with Crippen molar-refractivity contribution in [3.05, 3.63) is 80.8 Å². The highest BCUT2D eigenvalue weighted by Crippen LogP contribution is 2.61. The molecule has 0 unspecified atom stereocenters. The quantitative estimate of drug-likeness (QED) is 0.249. The molecule has 1 N–H and O–H groups in total. The van der Waals surface area contributed by atoms with Gasteiger partial charge in [0.1, 0.15) is 0 Å². The number of fused-ring (bicyclic) bond motifs is 2. The van der Waals surface area contributed by atoms with Gasteiger partial charge in [-0.2, -0.15) is 0 Å². The zero-order chi connectivity index (χ0) is 29.6. The van der Waals surface area contributed by atoms with Crippen LogP contribution in [0.15, 0.2) is 54.6 Å². The smallest absolute Gasteiger partial charge is 0.315 e. The lowest BCUT2D eigenvalue weighted by molar-refractivity contribution is -0.138. The Bertz CT molecular complexity index is 1560. The van der Waals surface area contributed by atoms with Crippen LogP contribution in [-0.4, -0.2) is 50.6 Å². The molecule has 3 aliphatic rings. The molecule has 8 nitrogen and oxygen atoms in total. The number of carbonyl (C=O) groups excluding carboxylic acids is 3. The van der Waals surface area contributed by atoms with Gasteiger partial charge in [0, 0.05) is 25.3 Å². The van der Waals surface area contributed by atoms with Crippen LogP contribution >= 0.6 is 34.8 Å². The Balaban J connectivity index is 1.14. The van der Waals surface area contributed by atoms with Gasteiger partial charge in [0.15, 0.2) is 5.75 Å². The topological polar surface area (TPSA) is 88.2 Å². The predicted molar refractivity (Wildman–Crippen MR) is 163 cm³/mol. The van der Waals surface area contributed by atoms with Crippen LogP contribution in [0.4, 0.5) is 17.1 Å². The second-order valence-corrected chi connectivity index (χ2v) is 12.0. The summed E-state index contributed by atoms with van der Waals surface area (Å²) in [6.45, 7) is 4.24. The molecule has 2 amide bonds. The lowest BCUT2D eigenvalue weighted by Crippen LogP contribution is -2.36. The molecule has 218 valence electrons. The third-order valence-corrected chi connectivity index (χ3v) is 8.91. The van der Waals surface area contributed by atoms with Gasteiger partial charge in [-0.05, 0) is 48.7 Å². The summed E-state index contributed by atoms with van der Waals surface area (Å²) in [6, 6.07) is 15.8. The SMILES string of the molecule is C[C@@H](CNC(=O)c1c(Cl)cc(N2CCOCC2)cc1Cl)C(=O)Oc1ccccc1N1C(=O)C2(CC2)c2cccc(Cl)c21. The number of morpholine rings is 1. The lowest BCUT2D eigenvalue weighted by atomic mass is 9.98. The molecule has 0 bridgehead atoms. The molecular weight excluding hydrogens is 601 g/mol. The summed E-state index contributed by atoms with van der Waals surface area (Å²) in [6.07, 6.45) is 1.50. The van der Waals surface area contributed by atoms with Gasteiger partial charge >= 0.3 is 5.97 Å². The highest BCUT2D eigenvalue weighted by atomic mass is 35.5. The molecule has 1 saturated heterocycles. The van der Waals surface area contributed by atoms with E-state index in [9.17, 15) is 14.4 Å². The van der Waals surface area contributed by atoms with Crippen LogP contribution in [0.1, 0.15) is 35.7 Å². The molecule has 3 aromatic rings. The van der Waals surface area contributed by atoms with E-state index in [-0.39, 0.29) is 33.8 Å². The fraction of sp³-hybridized carbons (Fsp3) is 0.323. The van der Waals surface area contributed by atoms with Crippen LogP contribution in [0.25, 0.3) is 0 Å². The first-order valence-corrected chi connectivity index (χ1v) is 14.9. The molecule has 1 spiro atoms. The Morgan fingerprint density at radius 3 is 2.38 bits per heavy atom. The Kier molecular flexibility index (Phi) is 7.83. The maximum absolute atomic E-state index is 13.6. The van der Waals surface area contributed by atoms with Crippen molar-refractivity contribution in [2.24, 2.45) is 5.92 Å². The van der Waals surface area contributed by atoms with Crippen molar-refractivity contribution in [2.45, 2.75) is 25.2 Å². The first-order chi connectivity index (χ1) is 20.2. The van der Waals surface area contributed by atoms with Crippen molar-refractivity contribution in [1.82, 2.24) is 5.32 Å². The molecule has 2 heterocycles. The van der Waals surface area contributed by atoms with Gasteiger partial charge in [0.25, 0.3) is 5.91 Å². The predicted octanol–water partition coefficient (Wildman–Crippen LogP) is 6.16. The van der Waals surface area contributed by atoms with Crippen LogP contribution in [0.2, 0.25) is 15.1 Å². The normalized spacial score (nSPS) is 17.7. The zero-order valence-electron chi connectivity index (χ0n) is 22.8. The van der Waals surface area contributed by atoms with Crippen molar-refractivity contribution in [2.75, 3.05) is 42.6 Å². The molecule has 0 aromatic heterocycles. The standard InChI is InChI=1S/C31H28Cl3N3O5/c1-18(17-35-28(38)26-22(33)15-19(16-23(26)34)36-11-13-41-14-12-36)29(39)42-25-8-3-2-7-24(25)37-27-20(5-4-6-21(27)32)31(9-10-31)30(37)40/h2-8,15-16,18H,9-14,17H2,1H3,(H,35,38)/t18-/m0/s1. The van der Waals surface area contributed by atoms with Crippen molar-refractivity contribution in [3.63, 3.8) is 0 Å². The molecule has 0 radical (unpaired) electrons. The number of esters is 1. The van der Waals surface area contributed by atoms with Gasteiger partial charge in [-0.3, -0.25) is 19.3 Å². The minimum atomic E-state index is -0.716. The first kappa shape index (κ1) is 28.8. The Morgan fingerprint density at radius 2 is 1.69 bits per heavy atom. The molecule has 1 saturated carbocycles. The number of hydrogen-bond donors (Lipinski definition) is 1. The van der Waals surface area contributed by atoms with Gasteiger partial charge in [-0.1, -0.05) is 66.0 Å². The third-order valence-electron chi connectivity index (χ3n) is 8.01. The number of benzene rings is 3. The van der Waals surface area contributed by atoms with Crippen molar-refractivity contribution in [1.29, 1.82) is 0 Å². The monoisotopic (exact) mass is 627 g/mol. The molecule has 1 atom stereocenters. The van der Waals surface area contributed by atoms with Crippen molar-refractivity contribution in [3.8, 4) is 5.75 Å². The summed E-state index contributed by atoms with van der Waals surface area (Å²) in [4.78, 5) is 43.4. The molecule has 11 heteroatoms. The summed E-state index contributed by atoms with van der Waals surface area (Å²) in [5, 5.41) is 3.63. The second kappa shape index (κ2) is 11.4. The molecule has 2 aliphatic heterocycles. The van der Waals surface area contributed by atoms with Crippen LogP contribution in [0, 0.1) is 5.92 Å². The maximum atomic E-state index is 13.6. The maximum Gasteiger partial charge on any atom is 0.315 e. The molecular formula is C31H28Cl3N3O5. The highest BCUT2D eigenvalue weighted by molar-refractivity contribution is 6.40. The lowest BCUT2D eigenvalue weighted by Gasteiger charge is -2.29. The molecule has 1 aliphatic carbocycles. The number of halogens is 3. The number of ether oxygens (including phenoxy) is 2. The van der Waals surface area contributed by atoms with Crippen molar-refractivity contribution >= 4 is 69.6 Å². The number of hydrogen-bond acceptors (Lipinski definition) is 6. The average Bonchev–Trinajstić information content (AvgIpc) is 3.75. The van der Waals surface area contributed by atoms with E-state index in [2.05, 4.69) is 10.2 Å². The summed E-state index contributed by atoms with van der Waals surface area (Å²) >= 11 is 19.5. The largest absolute Gasteiger partial charge is 0.424 e. The summed E-state index contributed by atoms with van der Waals surface area (Å²) in [7, 11) is 0. The Labute approximate surface area is 258 Å².